The summed E-state index contributed by atoms with van der Waals surface area (Å²) in [6.07, 6.45) is 8.16. The van der Waals surface area contributed by atoms with Gasteiger partial charge >= 0.3 is 0 Å². The van der Waals surface area contributed by atoms with Crippen LogP contribution in [0.4, 0.5) is 0 Å². The highest BCUT2D eigenvalue weighted by Gasteiger charge is 2.31. The first-order valence-electron chi connectivity index (χ1n) is 13.0. The molecule has 5 rings (SSSR count). The predicted molar refractivity (Wildman–Crippen MR) is 140 cm³/mol. The van der Waals surface area contributed by atoms with Crippen LogP contribution in [-0.2, 0) is 6.54 Å². The van der Waals surface area contributed by atoms with E-state index in [2.05, 4.69) is 115 Å². The molecule has 0 amide bonds. The van der Waals surface area contributed by atoms with E-state index >= 15 is 0 Å². The van der Waals surface area contributed by atoms with E-state index < -0.39 is 0 Å². The molecule has 2 aromatic carbocycles. The van der Waals surface area contributed by atoms with Crippen LogP contribution in [-0.4, -0.2) is 87.3 Å². The Labute approximate surface area is 209 Å². The van der Waals surface area contributed by atoms with Crippen molar-refractivity contribution in [3.63, 3.8) is 0 Å². The van der Waals surface area contributed by atoms with Crippen LogP contribution in [0.5, 0.6) is 0 Å². The number of rotatable bonds is 9. The maximum absolute atomic E-state index is 4.56. The number of hydrogen-bond donors (Lipinski definition) is 0. The number of nitrogens with zero attached hydrogens (tertiary/aromatic N) is 7. The highest BCUT2D eigenvalue weighted by molar-refractivity contribution is 5.48. The van der Waals surface area contributed by atoms with Gasteiger partial charge in [-0.25, -0.2) is 4.68 Å². The maximum Gasteiger partial charge on any atom is 0.173 e. The molecule has 7 heteroatoms. The molecule has 0 aliphatic carbocycles. The van der Waals surface area contributed by atoms with Crippen molar-refractivity contribution in [1.82, 2.24) is 34.9 Å². The summed E-state index contributed by atoms with van der Waals surface area (Å²) in [5.74, 6) is 0.967. The van der Waals surface area contributed by atoms with E-state index in [-0.39, 0.29) is 6.04 Å². The van der Waals surface area contributed by atoms with Gasteiger partial charge in [0.15, 0.2) is 5.82 Å². The van der Waals surface area contributed by atoms with Crippen LogP contribution < -0.4 is 0 Å². The lowest BCUT2D eigenvalue weighted by molar-refractivity contribution is 0.112. The zero-order valence-electron chi connectivity index (χ0n) is 20.8. The Morgan fingerprint density at radius 2 is 1.69 bits per heavy atom. The summed E-state index contributed by atoms with van der Waals surface area (Å²) in [5, 5.41) is 13.1. The molecule has 2 aliphatic heterocycles. The highest BCUT2D eigenvalue weighted by Crippen LogP contribution is 2.28. The van der Waals surface area contributed by atoms with Crippen molar-refractivity contribution in [1.29, 1.82) is 0 Å². The minimum absolute atomic E-state index is 0.0783. The van der Waals surface area contributed by atoms with Gasteiger partial charge in [-0.15, -0.1) is 5.10 Å². The molecule has 35 heavy (non-hydrogen) atoms. The molecule has 1 aromatic heterocycles. The van der Waals surface area contributed by atoms with Crippen LogP contribution in [0.2, 0.25) is 0 Å². The molecule has 0 N–H and O–H groups in total. The summed E-state index contributed by atoms with van der Waals surface area (Å²) in [5.41, 5.74) is 2.52. The second-order valence-electron chi connectivity index (χ2n) is 9.79. The molecule has 0 spiro atoms. The maximum atomic E-state index is 4.56. The fourth-order valence-electron chi connectivity index (χ4n) is 5.45. The van der Waals surface area contributed by atoms with Crippen LogP contribution in [0.15, 0.2) is 66.7 Å². The van der Waals surface area contributed by atoms with Gasteiger partial charge in [-0.3, -0.25) is 9.80 Å². The average molecular weight is 472 g/mol. The van der Waals surface area contributed by atoms with Crippen molar-refractivity contribution >= 4 is 6.08 Å². The average Bonchev–Trinajstić information content (AvgIpc) is 3.54. The Morgan fingerprint density at radius 3 is 2.40 bits per heavy atom. The number of aryl methyl sites for hydroxylation is 1. The summed E-state index contributed by atoms with van der Waals surface area (Å²) in [6.45, 7) is 7.11. The topological polar surface area (TPSA) is 53.3 Å². The molecule has 2 aliphatic rings. The number of likely N-dealkylation sites (tertiary alicyclic amines) is 1. The van der Waals surface area contributed by atoms with Gasteiger partial charge in [0.25, 0.3) is 0 Å². The SMILES string of the molecule is CN1CCCC1CCn1nnnc1[C@H](c1ccccc1)N1CCN(C/C=C/c2ccccc2)CC1. The van der Waals surface area contributed by atoms with E-state index in [1.54, 1.807) is 0 Å². The molecule has 3 aromatic rings. The van der Waals surface area contributed by atoms with E-state index in [0.717, 1.165) is 51.5 Å². The molecule has 1 unspecified atom stereocenters. The van der Waals surface area contributed by atoms with Gasteiger partial charge in [-0.05, 0) is 54.4 Å². The number of hydrogen-bond acceptors (Lipinski definition) is 6. The molecule has 2 atom stereocenters. The van der Waals surface area contributed by atoms with Crippen molar-refractivity contribution in [2.45, 2.75) is 37.9 Å². The molecule has 0 radical (unpaired) electrons. The summed E-state index contributed by atoms with van der Waals surface area (Å²) in [7, 11) is 2.24. The summed E-state index contributed by atoms with van der Waals surface area (Å²) in [4.78, 5) is 7.55. The molecular formula is C28H37N7. The summed E-state index contributed by atoms with van der Waals surface area (Å²) < 4.78 is 2.05. The molecule has 0 bridgehead atoms. The molecule has 2 saturated heterocycles. The smallest absolute Gasteiger partial charge is 0.173 e. The zero-order valence-corrected chi connectivity index (χ0v) is 20.8. The van der Waals surface area contributed by atoms with E-state index in [1.165, 1.54) is 30.5 Å². The minimum atomic E-state index is 0.0783. The fourth-order valence-corrected chi connectivity index (χ4v) is 5.45. The lowest BCUT2D eigenvalue weighted by Gasteiger charge is -2.38. The number of aromatic nitrogens is 4. The Bertz CT molecular complexity index is 1060. The number of tetrazole rings is 1. The zero-order chi connectivity index (χ0) is 23.9. The lowest BCUT2D eigenvalue weighted by atomic mass is 10.0. The van der Waals surface area contributed by atoms with Crippen molar-refractivity contribution in [2.75, 3.05) is 46.3 Å². The second kappa shape index (κ2) is 11.7. The lowest BCUT2D eigenvalue weighted by Crippen LogP contribution is -2.48. The van der Waals surface area contributed by atoms with Crippen molar-refractivity contribution in [3.05, 3.63) is 83.7 Å². The van der Waals surface area contributed by atoms with Crippen LogP contribution in [0.25, 0.3) is 6.08 Å². The molecule has 2 fully saturated rings. The Kier molecular flexibility index (Phi) is 7.98. The third-order valence-electron chi connectivity index (χ3n) is 7.51. The first-order valence-corrected chi connectivity index (χ1v) is 13.0. The minimum Gasteiger partial charge on any atom is -0.303 e. The van der Waals surface area contributed by atoms with Crippen LogP contribution in [0.3, 0.4) is 0 Å². The Morgan fingerprint density at radius 1 is 0.943 bits per heavy atom. The van der Waals surface area contributed by atoms with E-state index in [0.29, 0.717) is 6.04 Å². The first kappa shape index (κ1) is 23.9. The largest absolute Gasteiger partial charge is 0.303 e. The quantitative estimate of drug-likeness (QED) is 0.476. The molecule has 3 heterocycles. The van der Waals surface area contributed by atoms with E-state index in [1.807, 2.05) is 0 Å². The third kappa shape index (κ3) is 6.04. The van der Waals surface area contributed by atoms with Gasteiger partial charge in [0.05, 0.1) is 6.04 Å². The van der Waals surface area contributed by atoms with Gasteiger partial charge in [0.2, 0.25) is 0 Å². The first-order chi connectivity index (χ1) is 17.3. The molecule has 0 saturated carbocycles. The van der Waals surface area contributed by atoms with Crippen molar-refractivity contribution < 1.29 is 0 Å². The van der Waals surface area contributed by atoms with Gasteiger partial charge in [0.1, 0.15) is 0 Å². The molecular weight excluding hydrogens is 434 g/mol. The van der Waals surface area contributed by atoms with Crippen LogP contribution >= 0.6 is 0 Å². The monoisotopic (exact) mass is 471 g/mol. The van der Waals surface area contributed by atoms with Crippen molar-refractivity contribution in [3.8, 4) is 0 Å². The van der Waals surface area contributed by atoms with E-state index in [4.69, 9.17) is 0 Å². The van der Waals surface area contributed by atoms with Crippen LogP contribution in [0, 0.1) is 0 Å². The third-order valence-corrected chi connectivity index (χ3v) is 7.51. The van der Waals surface area contributed by atoms with Gasteiger partial charge < -0.3 is 4.90 Å². The fraction of sp³-hybridized carbons (Fsp3) is 0.464. The van der Waals surface area contributed by atoms with Gasteiger partial charge in [0, 0.05) is 45.3 Å². The second-order valence-corrected chi connectivity index (χ2v) is 9.79. The highest BCUT2D eigenvalue weighted by atomic mass is 15.6. The Balaban J connectivity index is 1.25. The molecule has 7 nitrogen and oxygen atoms in total. The summed E-state index contributed by atoms with van der Waals surface area (Å²) >= 11 is 0. The Hall–Kier alpha value is -2.87. The van der Waals surface area contributed by atoms with Crippen molar-refractivity contribution in [2.24, 2.45) is 0 Å². The number of benzene rings is 2. The number of piperazine rings is 1. The van der Waals surface area contributed by atoms with Gasteiger partial charge in [-0.1, -0.05) is 72.8 Å². The summed E-state index contributed by atoms with van der Waals surface area (Å²) in [6, 6.07) is 22.0. The van der Waals surface area contributed by atoms with Gasteiger partial charge in [-0.2, -0.15) is 0 Å². The molecule has 184 valence electrons. The van der Waals surface area contributed by atoms with E-state index in [9.17, 15) is 0 Å². The predicted octanol–water partition coefficient (Wildman–Crippen LogP) is 3.58. The normalized spacial score (nSPS) is 21.1. The standard InChI is InChI=1S/C28H37N7/c1-32-17-9-15-26(32)16-19-35-28(29-30-31-35)27(25-13-6-3-7-14-25)34-22-20-33(21-23-34)18-8-12-24-10-4-2-5-11-24/h2-8,10-14,26-27H,9,15-23H2,1H3/b12-8+/t26?,27-/m0/s1. The van der Waals surface area contributed by atoms with Crippen LogP contribution in [0.1, 0.15) is 42.3 Å².